The van der Waals surface area contributed by atoms with Crippen molar-refractivity contribution in [3.63, 3.8) is 0 Å². The Morgan fingerprint density at radius 2 is 2.43 bits per heavy atom. The van der Waals surface area contributed by atoms with Crippen molar-refractivity contribution in [2.45, 2.75) is 0 Å². The standard InChI is InChI=1S/C2H2IN3S/c3-6-2(7)5-1-4/h(H2,5,6,7). The van der Waals surface area contributed by atoms with Gasteiger partial charge in [0.1, 0.15) is 0 Å². The summed E-state index contributed by atoms with van der Waals surface area (Å²) in [4.78, 5) is 0. The normalized spacial score (nSPS) is 6.29. The molecule has 0 fully saturated rings. The average molecular weight is 227 g/mol. The van der Waals surface area contributed by atoms with Crippen molar-refractivity contribution in [1.29, 1.82) is 5.26 Å². The molecule has 0 aromatic heterocycles. The smallest absolute Gasteiger partial charge is 0.188 e. The Bertz CT molecular complexity index is 106. The Hall–Kier alpha value is -0.0900. The molecule has 0 saturated heterocycles. The molecule has 5 heteroatoms. The first-order valence-electron chi connectivity index (χ1n) is 1.37. The van der Waals surface area contributed by atoms with Crippen LogP contribution in [0.4, 0.5) is 0 Å². The summed E-state index contributed by atoms with van der Waals surface area (Å²) in [7, 11) is 0. The Morgan fingerprint density at radius 1 is 1.86 bits per heavy atom. The zero-order valence-corrected chi connectivity index (χ0v) is 6.21. The van der Waals surface area contributed by atoms with Crippen molar-refractivity contribution in [3.05, 3.63) is 0 Å². The summed E-state index contributed by atoms with van der Waals surface area (Å²) in [6.45, 7) is 0. The minimum absolute atomic E-state index is 0.336. The highest BCUT2D eigenvalue weighted by Gasteiger charge is 1.82. The van der Waals surface area contributed by atoms with Gasteiger partial charge in [0, 0.05) is 0 Å². The van der Waals surface area contributed by atoms with Crippen molar-refractivity contribution in [2.75, 3.05) is 0 Å². The second-order valence-electron chi connectivity index (χ2n) is 0.660. The molecule has 0 atom stereocenters. The minimum Gasteiger partial charge on any atom is -0.305 e. The molecule has 0 amide bonds. The Morgan fingerprint density at radius 3 is 2.57 bits per heavy atom. The molecule has 38 valence electrons. The number of hydrogen-bond donors (Lipinski definition) is 2. The van der Waals surface area contributed by atoms with Gasteiger partial charge in [-0.25, -0.2) is 0 Å². The fourth-order valence-electron chi connectivity index (χ4n) is 0.0744. The van der Waals surface area contributed by atoms with Gasteiger partial charge in [-0.1, -0.05) is 0 Å². The summed E-state index contributed by atoms with van der Waals surface area (Å²) < 4.78 is 2.53. The second kappa shape index (κ2) is 4.08. The number of halogens is 1. The lowest BCUT2D eigenvalue weighted by molar-refractivity contribution is 1.25. The van der Waals surface area contributed by atoms with Crippen LogP contribution in [0.15, 0.2) is 0 Å². The maximum Gasteiger partial charge on any atom is 0.188 e. The van der Waals surface area contributed by atoms with Crippen molar-refractivity contribution >= 4 is 40.2 Å². The first-order chi connectivity index (χ1) is 3.31. The van der Waals surface area contributed by atoms with Crippen molar-refractivity contribution in [2.24, 2.45) is 0 Å². The van der Waals surface area contributed by atoms with Gasteiger partial charge in [-0.05, 0) is 12.2 Å². The molecule has 0 aliphatic heterocycles. The molecule has 2 N–H and O–H groups in total. The molecule has 7 heavy (non-hydrogen) atoms. The Kier molecular flexibility index (Phi) is 4.03. The molecule has 0 bridgehead atoms. The van der Waals surface area contributed by atoms with E-state index in [-0.39, 0.29) is 0 Å². The monoisotopic (exact) mass is 227 g/mol. The first kappa shape index (κ1) is 6.91. The number of thiocarbonyl (C=S) groups is 1. The van der Waals surface area contributed by atoms with Gasteiger partial charge in [0.25, 0.3) is 0 Å². The molecule has 0 aromatic carbocycles. The van der Waals surface area contributed by atoms with E-state index in [1.165, 1.54) is 0 Å². The molecule has 3 nitrogen and oxygen atoms in total. The van der Waals surface area contributed by atoms with E-state index in [0.717, 1.165) is 0 Å². The largest absolute Gasteiger partial charge is 0.305 e. The average Bonchev–Trinajstić information content (AvgIpc) is 1.68. The molecule has 0 rings (SSSR count). The summed E-state index contributed by atoms with van der Waals surface area (Å²) in [6.07, 6.45) is 1.66. The summed E-state index contributed by atoms with van der Waals surface area (Å²) >= 11 is 6.33. The fourth-order valence-corrected chi connectivity index (χ4v) is 0.255. The van der Waals surface area contributed by atoms with Gasteiger partial charge in [-0.15, -0.1) is 0 Å². The van der Waals surface area contributed by atoms with Gasteiger partial charge in [0.15, 0.2) is 11.3 Å². The molecule has 0 heterocycles. The number of nitriles is 1. The van der Waals surface area contributed by atoms with E-state index in [2.05, 4.69) is 21.1 Å². The molecular weight excluding hydrogens is 225 g/mol. The first-order valence-corrected chi connectivity index (χ1v) is 2.85. The highest BCUT2D eigenvalue weighted by molar-refractivity contribution is 14.1. The van der Waals surface area contributed by atoms with E-state index < -0.39 is 0 Å². The third-order valence-electron chi connectivity index (χ3n) is 0.255. The van der Waals surface area contributed by atoms with Crippen molar-refractivity contribution in [3.8, 4) is 6.19 Å². The lowest BCUT2D eigenvalue weighted by Gasteiger charge is -1.90. The molecule has 0 aliphatic rings. The maximum absolute atomic E-state index is 7.88. The van der Waals surface area contributed by atoms with Crippen LogP contribution in [-0.2, 0) is 0 Å². The summed E-state index contributed by atoms with van der Waals surface area (Å²) in [6, 6.07) is 0. The number of nitrogens with one attached hydrogen (secondary N) is 2. The summed E-state index contributed by atoms with van der Waals surface area (Å²) in [5.41, 5.74) is 0. The molecule has 0 aliphatic carbocycles. The van der Waals surface area contributed by atoms with Crippen LogP contribution < -0.4 is 8.85 Å². The van der Waals surface area contributed by atoms with Crippen molar-refractivity contribution < 1.29 is 0 Å². The van der Waals surface area contributed by atoms with Crippen LogP contribution in [0.5, 0.6) is 0 Å². The highest BCUT2D eigenvalue weighted by Crippen LogP contribution is 1.68. The third-order valence-corrected chi connectivity index (χ3v) is 1.36. The molecule has 0 unspecified atom stereocenters. The van der Waals surface area contributed by atoms with Crippen molar-refractivity contribution in [1.82, 2.24) is 8.85 Å². The topological polar surface area (TPSA) is 47.9 Å². The summed E-state index contributed by atoms with van der Waals surface area (Å²) in [5.74, 6) is 0. The highest BCUT2D eigenvalue weighted by atomic mass is 127. The second-order valence-corrected chi connectivity index (χ2v) is 1.61. The summed E-state index contributed by atoms with van der Waals surface area (Å²) in [5, 5.41) is 10.4. The van der Waals surface area contributed by atoms with Crippen LogP contribution >= 0.6 is 35.1 Å². The lowest BCUT2D eigenvalue weighted by atomic mass is 11.1. The van der Waals surface area contributed by atoms with Gasteiger partial charge in [0.2, 0.25) is 0 Å². The number of nitrogens with zero attached hydrogens (tertiary/aromatic N) is 1. The van der Waals surface area contributed by atoms with Crippen LogP contribution in [-0.4, -0.2) is 5.11 Å². The third kappa shape index (κ3) is 3.75. The zero-order valence-electron chi connectivity index (χ0n) is 3.23. The Labute approximate surface area is 60.6 Å². The van der Waals surface area contributed by atoms with E-state index in [9.17, 15) is 0 Å². The van der Waals surface area contributed by atoms with Gasteiger partial charge >= 0.3 is 0 Å². The molecule has 0 aromatic rings. The van der Waals surface area contributed by atoms with Crippen LogP contribution in [0.25, 0.3) is 0 Å². The fraction of sp³-hybridized carbons (Fsp3) is 0. The predicted octanol–water partition coefficient (Wildman–Crippen LogP) is 0.282. The Balaban J connectivity index is 3.23. The molecular formula is C2H2IN3S. The lowest BCUT2D eigenvalue weighted by Crippen LogP contribution is -2.23. The van der Waals surface area contributed by atoms with E-state index >= 15 is 0 Å². The van der Waals surface area contributed by atoms with Gasteiger partial charge in [-0.3, -0.25) is 5.32 Å². The van der Waals surface area contributed by atoms with Gasteiger partial charge < -0.3 is 3.53 Å². The van der Waals surface area contributed by atoms with E-state index in [0.29, 0.717) is 5.11 Å². The maximum atomic E-state index is 7.88. The molecule has 0 spiro atoms. The molecule has 0 saturated carbocycles. The quantitative estimate of drug-likeness (QED) is 0.205. The SMILES string of the molecule is N#CNC(=S)NI. The number of hydrogen-bond acceptors (Lipinski definition) is 2. The van der Waals surface area contributed by atoms with E-state index in [1.807, 2.05) is 22.9 Å². The van der Waals surface area contributed by atoms with Gasteiger partial charge in [-0.2, -0.15) is 5.26 Å². The zero-order chi connectivity index (χ0) is 5.70. The van der Waals surface area contributed by atoms with Gasteiger partial charge in [0.05, 0.1) is 22.9 Å². The van der Waals surface area contributed by atoms with Crippen LogP contribution in [0.1, 0.15) is 0 Å². The van der Waals surface area contributed by atoms with E-state index in [4.69, 9.17) is 5.26 Å². The number of rotatable bonds is 0. The molecule has 0 radical (unpaired) electrons. The predicted molar refractivity (Wildman–Crippen MR) is 38.5 cm³/mol. The van der Waals surface area contributed by atoms with Crippen LogP contribution in [0.3, 0.4) is 0 Å². The van der Waals surface area contributed by atoms with Crippen LogP contribution in [0, 0.1) is 11.5 Å². The van der Waals surface area contributed by atoms with E-state index in [1.54, 1.807) is 6.19 Å². The van der Waals surface area contributed by atoms with Crippen LogP contribution in [0.2, 0.25) is 0 Å². The minimum atomic E-state index is 0.336.